The number of phenolic OH excluding ortho intramolecular Hbond substituents is 1. The van der Waals surface area contributed by atoms with E-state index in [-0.39, 0.29) is 5.75 Å². The van der Waals surface area contributed by atoms with Crippen LogP contribution in [0.1, 0.15) is 0 Å². The second kappa shape index (κ2) is 2.62. The van der Waals surface area contributed by atoms with Gasteiger partial charge >= 0.3 is 0 Å². The summed E-state index contributed by atoms with van der Waals surface area (Å²) in [4.78, 5) is 8.01. The van der Waals surface area contributed by atoms with E-state index in [0.29, 0.717) is 0 Å². The summed E-state index contributed by atoms with van der Waals surface area (Å²) in [5.74, 6) is 0.222. The molecule has 1 aromatic carbocycles. The first-order chi connectivity index (χ1) is 6.86. The van der Waals surface area contributed by atoms with Gasteiger partial charge in [-0.25, -0.2) is 9.97 Å². The number of hydrogen-bond donors (Lipinski definition) is 1. The number of aromatic nitrogens is 3. The van der Waals surface area contributed by atoms with E-state index in [1.54, 1.807) is 12.3 Å². The van der Waals surface area contributed by atoms with Gasteiger partial charge in [0.2, 0.25) is 0 Å². The summed E-state index contributed by atoms with van der Waals surface area (Å²) in [5, 5.41) is 13.1. The molecule has 0 saturated heterocycles. The Kier molecular flexibility index (Phi) is 1.43. The Morgan fingerprint density at radius 2 is 2.21 bits per heavy atom. The molecule has 0 fully saturated rings. The Balaban J connectivity index is 2.66. The number of aromatic hydroxyl groups is 1. The number of rotatable bonds is 0. The number of fused-ring (bicyclic) bond motifs is 3. The fraction of sp³-hybridized carbons (Fsp3) is 0. The van der Waals surface area contributed by atoms with Crippen LogP contribution in [0.5, 0.6) is 5.75 Å². The lowest BCUT2D eigenvalue weighted by atomic mass is 10.1. The number of benzene rings is 1. The van der Waals surface area contributed by atoms with Gasteiger partial charge in [-0.3, -0.25) is 0 Å². The largest absolute Gasteiger partial charge is 0.507 e. The SMILES string of the molecule is Oc1cc2ncncc2c2nscc12. The molecule has 0 saturated carbocycles. The molecule has 4 nitrogen and oxygen atoms in total. The van der Waals surface area contributed by atoms with Crippen molar-refractivity contribution in [3.05, 3.63) is 24.0 Å². The van der Waals surface area contributed by atoms with Crippen molar-refractivity contribution in [3.63, 3.8) is 0 Å². The molecule has 0 radical (unpaired) electrons. The van der Waals surface area contributed by atoms with Crippen molar-refractivity contribution in [2.75, 3.05) is 0 Å². The lowest BCUT2D eigenvalue weighted by molar-refractivity contribution is 0.482. The Labute approximate surface area is 83.0 Å². The maximum atomic E-state index is 9.66. The fourth-order valence-corrected chi connectivity index (χ4v) is 2.15. The third-order valence-electron chi connectivity index (χ3n) is 2.12. The van der Waals surface area contributed by atoms with Gasteiger partial charge in [0.1, 0.15) is 12.1 Å². The van der Waals surface area contributed by atoms with Crippen molar-refractivity contribution in [1.82, 2.24) is 14.3 Å². The molecule has 0 bridgehead atoms. The Bertz CT molecular complexity index is 620. The van der Waals surface area contributed by atoms with E-state index >= 15 is 0 Å². The van der Waals surface area contributed by atoms with E-state index in [1.807, 2.05) is 5.38 Å². The first-order valence-corrected chi connectivity index (χ1v) is 4.85. The predicted octanol–water partition coefficient (Wildman–Crippen LogP) is 1.95. The second-order valence-corrected chi connectivity index (χ2v) is 3.56. The van der Waals surface area contributed by atoms with Crippen molar-refractivity contribution in [2.24, 2.45) is 0 Å². The molecule has 2 heterocycles. The maximum Gasteiger partial charge on any atom is 0.128 e. The molecule has 3 aromatic rings. The molecule has 0 atom stereocenters. The predicted molar refractivity (Wildman–Crippen MR) is 54.4 cm³/mol. The lowest BCUT2D eigenvalue weighted by Crippen LogP contribution is -1.82. The summed E-state index contributed by atoms with van der Waals surface area (Å²) >= 11 is 1.32. The molecule has 0 aliphatic rings. The molecule has 68 valence electrons. The van der Waals surface area contributed by atoms with Gasteiger partial charge < -0.3 is 5.11 Å². The molecule has 14 heavy (non-hydrogen) atoms. The molecule has 5 heteroatoms. The number of phenols is 1. The van der Waals surface area contributed by atoms with Crippen molar-refractivity contribution >= 4 is 33.3 Å². The highest BCUT2D eigenvalue weighted by atomic mass is 32.1. The zero-order valence-corrected chi connectivity index (χ0v) is 7.82. The molecular weight excluding hydrogens is 198 g/mol. The van der Waals surface area contributed by atoms with Gasteiger partial charge in [-0.2, -0.15) is 4.37 Å². The fourth-order valence-electron chi connectivity index (χ4n) is 1.46. The first kappa shape index (κ1) is 7.64. The van der Waals surface area contributed by atoms with E-state index in [1.165, 1.54) is 17.9 Å². The van der Waals surface area contributed by atoms with Crippen LogP contribution in [0.3, 0.4) is 0 Å². The normalized spacial score (nSPS) is 11.1. The van der Waals surface area contributed by atoms with Crippen LogP contribution < -0.4 is 0 Å². The average molecular weight is 203 g/mol. The minimum atomic E-state index is 0.222. The lowest BCUT2D eigenvalue weighted by Gasteiger charge is -1.98. The Hall–Kier alpha value is -1.75. The van der Waals surface area contributed by atoms with Gasteiger partial charge in [0.05, 0.1) is 16.4 Å². The number of hydrogen-bond acceptors (Lipinski definition) is 5. The van der Waals surface area contributed by atoms with E-state index in [9.17, 15) is 5.11 Å². The van der Waals surface area contributed by atoms with Gasteiger partial charge in [-0.15, -0.1) is 0 Å². The summed E-state index contributed by atoms with van der Waals surface area (Å²) in [5.41, 5.74) is 1.49. The third-order valence-corrected chi connectivity index (χ3v) is 2.75. The quantitative estimate of drug-likeness (QED) is 0.606. The van der Waals surface area contributed by atoms with Crippen LogP contribution in [0.2, 0.25) is 0 Å². The molecular formula is C9H5N3OS. The maximum absolute atomic E-state index is 9.66. The molecule has 0 aliphatic heterocycles. The molecule has 0 spiro atoms. The van der Waals surface area contributed by atoms with Crippen LogP contribution in [0.4, 0.5) is 0 Å². The molecule has 2 aromatic heterocycles. The molecule has 1 N–H and O–H groups in total. The van der Waals surface area contributed by atoms with Gasteiger partial charge in [0, 0.05) is 23.0 Å². The summed E-state index contributed by atoms with van der Waals surface area (Å²) in [6.07, 6.45) is 3.17. The van der Waals surface area contributed by atoms with Gasteiger partial charge in [0.25, 0.3) is 0 Å². The zero-order valence-electron chi connectivity index (χ0n) is 7.01. The summed E-state index contributed by atoms with van der Waals surface area (Å²) < 4.78 is 4.21. The van der Waals surface area contributed by atoms with E-state index in [2.05, 4.69) is 14.3 Å². The minimum absolute atomic E-state index is 0.222. The second-order valence-electron chi connectivity index (χ2n) is 2.93. The van der Waals surface area contributed by atoms with E-state index in [4.69, 9.17) is 0 Å². The monoisotopic (exact) mass is 203 g/mol. The van der Waals surface area contributed by atoms with Crippen LogP contribution in [0, 0.1) is 0 Å². The van der Waals surface area contributed by atoms with Gasteiger partial charge in [-0.05, 0) is 11.5 Å². The van der Waals surface area contributed by atoms with Gasteiger partial charge in [-0.1, -0.05) is 0 Å². The molecule has 3 rings (SSSR count). The molecule has 0 amide bonds. The van der Waals surface area contributed by atoms with Crippen LogP contribution in [-0.4, -0.2) is 19.4 Å². The van der Waals surface area contributed by atoms with Crippen molar-refractivity contribution in [2.45, 2.75) is 0 Å². The van der Waals surface area contributed by atoms with Crippen LogP contribution in [-0.2, 0) is 0 Å². The number of nitrogens with zero attached hydrogens (tertiary/aromatic N) is 3. The summed E-state index contributed by atoms with van der Waals surface area (Å²) in [6.45, 7) is 0. The zero-order chi connectivity index (χ0) is 9.54. The smallest absolute Gasteiger partial charge is 0.128 e. The first-order valence-electron chi connectivity index (χ1n) is 4.02. The molecule has 0 aliphatic carbocycles. The minimum Gasteiger partial charge on any atom is -0.507 e. The van der Waals surface area contributed by atoms with Crippen LogP contribution in [0.25, 0.3) is 21.8 Å². The highest BCUT2D eigenvalue weighted by molar-refractivity contribution is 7.05. The Morgan fingerprint density at radius 3 is 3.14 bits per heavy atom. The van der Waals surface area contributed by atoms with Crippen molar-refractivity contribution in [3.8, 4) is 5.75 Å². The average Bonchev–Trinajstić information content (AvgIpc) is 2.67. The van der Waals surface area contributed by atoms with E-state index < -0.39 is 0 Å². The van der Waals surface area contributed by atoms with Crippen LogP contribution >= 0.6 is 11.5 Å². The summed E-state index contributed by atoms with van der Waals surface area (Å²) in [6, 6.07) is 1.63. The van der Waals surface area contributed by atoms with Crippen molar-refractivity contribution < 1.29 is 5.11 Å². The highest BCUT2D eigenvalue weighted by Gasteiger charge is 2.08. The van der Waals surface area contributed by atoms with Crippen molar-refractivity contribution in [1.29, 1.82) is 0 Å². The third kappa shape index (κ3) is 0.898. The highest BCUT2D eigenvalue weighted by Crippen LogP contribution is 2.31. The topological polar surface area (TPSA) is 58.9 Å². The standard InChI is InChI=1S/C9H5N3OS/c13-8-1-7-5(2-10-4-11-7)9-6(8)3-14-12-9/h1-4,13H. The van der Waals surface area contributed by atoms with Crippen LogP contribution in [0.15, 0.2) is 24.0 Å². The Morgan fingerprint density at radius 1 is 1.29 bits per heavy atom. The molecule has 0 unspecified atom stereocenters. The summed E-state index contributed by atoms with van der Waals surface area (Å²) in [7, 11) is 0. The van der Waals surface area contributed by atoms with E-state index in [0.717, 1.165) is 21.8 Å². The van der Waals surface area contributed by atoms with Gasteiger partial charge in [0.15, 0.2) is 0 Å².